The maximum Gasteiger partial charge on any atom is 1.00 e. The van der Waals surface area contributed by atoms with Crippen LogP contribution in [0.25, 0.3) is 0 Å². The number of hydrogen-bond acceptors (Lipinski definition) is 5. The predicted molar refractivity (Wildman–Crippen MR) is 75.4 cm³/mol. The Morgan fingerprint density at radius 2 is 1.61 bits per heavy atom. The molecule has 0 fully saturated rings. The molecule has 23 heavy (non-hydrogen) atoms. The molecule has 0 bridgehead atoms. The quantitative estimate of drug-likeness (QED) is 0.451. The molecule has 0 heterocycles. The number of benzene rings is 1. The fourth-order valence-electron chi connectivity index (χ4n) is 2.47. The topological polar surface area (TPSA) is 132 Å². The van der Waals surface area contributed by atoms with E-state index in [1.54, 1.807) is 6.92 Å². The minimum Gasteiger partial charge on any atom is -0.744 e. The van der Waals surface area contributed by atoms with Gasteiger partial charge in [-0.25, -0.2) is 8.42 Å². The van der Waals surface area contributed by atoms with E-state index in [4.69, 9.17) is 5.11 Å². The molecule has 9 heteroatoms. The second kappa shape index (κ2) is 8.79. The van der Waals surface area contributed by atoms with Crippen molar-refractivity contribution in [1.29, 1.82) is 0 Å². The molecule has 1 rings (SSSR count). The summed E-state index contributed by atoms with van der Waals surface area (Å²) in [6.07, 6.45) is 0.359. The third kappa shape index (κ3) is 5.58. The molecule has 3 atom stereocenters. The van der Waals surface area contributed by atoms with Crippen LogP contribution in [0.1, 0.15) is 31.7 Å². The Balaban J connectivity index is 0.00000484. The third-order valence-corrected chi connectivity index (χ3v) is 4.53. The first-order valence-corrected chi connectivity index (χ1v) is 8.01. The summed E-state index contributed by atoms with van der Waals surface area (Å²) in [6.45, 7) is 3.04. The van der Waals surface area contributed by atoms with Gasteiger partial charge >= 0.3 is 41.5 Å². The second-order valence-electron chi connectivity index (χ2n) is 5.03. The summed E-state index contributed by atoms with van der Waals surface area (Å²) >= 11 is 0. The number of rotatable bonds is 7. The molecule has 0 saturated heterocycles. The Morgan fingerprint density at radius 3 is 1.91 bits per heavy atom. The van der Waals surface area contributed by atoms with Gasteiger partial charge in [-0.3, -0.25) is 9.59 Å². The molecule has 2 N–H and O–H groups in total. The average molecular weight is 352 g/mol. The van der Waals surface area contributed by atoms with Crippen LogP contribution in [0, 0.1) is 11.8 Å². The molecule has 0 aliphatic carbocycles. The van der Waals surface area contributed by atoms with Crippen molar-refractivity contribution in [3.05, 3.63) is 29.8 Å². The number of hydrogen-bond donors (Lipinski definition) is 2. The fraction of sp³-hybridized carbons (Fsp3) is 0.429. The Morgan fingerprint density at radius 1 is 1.13 bits per heavy atom. The van der Waals surface area contributed by atoms with Gasteiger partial charge in [0.15, 0.2) is 0 Å². The van der Waals surface area contributed by atoms with Crippen LogP contribution in [-0.4, -0.2) is 35.1 Å². The molecule has 0 aliphatic rings. The largest absolute Gasteiger partial charge is 1.00 e. The van der Waals surface area contributed by atoms with Gasteiger partial charge in [-0.05, 0) is 30.0 Å². The second-order valence-corrected chi connectivity index (χ2v) is 6.41. The van der Waals surface area contributed by atoms with Gasteiger partial charge in [0.05, 0.1) is 16.7 Å². The van der Waals surface area contributed by atoms with Crippen LogP contribution in [0.3, 0.4) is 0 Å². The van der Waals surface area contributed by atoms with E-state index in [1.807, 2.05) is 0 Å². The molecule has 0 saturated carbocycles. The van der Waals surface area contributed by atoms with Crippen molar-refractivity contribution in [1.82, 2.24) is 0 Å². The Kier molecular flexibility index (Phi) is 8.44. The SMILES string of the molecule is CCC(c1ccc(S(=O)(=O)[O-])cc1)C(C(=O)O)C(C)C(=O)O.[Na+]. The number of carbonyl (C=O) groups is 2. The van der Waals surface area contributed by atoms with Gasteiger partial charge in [0.1, 0.15) is 10.1 Å². The molecule has 0 aromatic heterocycles. The molecular formula is C14H17NaO7S. The smallest absolute Gasteiger partial charge is 0.744 e. The Labute approximate surface area is 156 Å². The van der Waals surface area contributed by atoms with Gasteiger partial charge in [0.25, 0.3) is 0 Å². The van der Waals surface area contributed by atoms with Crippen molar-refractivity contribution in [2.24, 2.45) is 11.8 Å². The van der Waals surface area contributed by atoms with E-state index in [2.05, 4.69) is 0 Å². The van der Waals surface area contributed by atoms with Gasteiger partial charge in [0, 0.05) is 0 Å². The standard InChI is InChI=1S/C14H18O7S.Na/c1-3-11(12(14(17)18)8(2)13(15)16)9-4-6-10(7-5-9)22(19,20)21;/h4-8,11-12H,3H2,1-2H3,(H,15,16)(H,17,18)(H,19,20,21);/q;+1/p-1. The van der Waals surface area contributed by atoms with E-state index in [1.165, 1.54) is 19.1 Å². The van der Waals surface area contributed by atoms with E-state index in [9.17, 15) is 27.7 Å². The van der Waals surface area contributed by atoms with Gasteiger partial charge in [-0.15, -0.1) is 0 Å². The molecule has 0 spiro atoms. The first-order valence-electron chi connectivity index (χ1n) is 6.61. The first-order chi connectivity index (χ1) is 10.1. The summed E-state index contributed by atoms with van der Waals surface area (Å²) in [5.41, 5.74) is 0.482. The van der Waals surface area contributed by atoms with Crippen molar-refractivity contribution >= 4 is 22.1 Å². The summed E-state index contributed by atoms with van der Waals surface area (Å²) in [5.74, 6) is -5.32. The monoisotopic (exact) mass is 352 g/mol. The minimum absolute atomic E-state index is 0. The first kappa shape index (κ1) is 22.1. The van der Waals surface area contributed by atoms with Crippen LogP contribution in [0.2, 0.25) is 0 Å². The van der Waals surface area contributed by atoms with Crippen molar-refractivity contribution in [3.63, 3.8) is 0 Å². The average Bonchev–Trinajstić information content (AvgIpc) is 2.42. The molecule has 0 radical (unpaired) electrons. The van der Waals surface area contributed by atoms with E-state index in [-0.39, 0.29) is 29.6 Å². The van der Waals surface area contributed by atoms with Gasteiger partial charge < -0.3 is 14.8 Å². The third-order valence-electron chi connectivity index (χ3n) is 3.68. The maximum atomic E-state index is 11.4. The van der Waals surface area contributed by atoms with Crippen molar-refractivity contribution in [2.45, 2.75) is 31.1 Å². The molecule has 3 unspecified atom stereocenters. The summed E-state index contributed by atoms with van der Waals surface area (Å²) in [5, 5.41) is 18.4. The molecule has 1 aromatic carbocycles. The summed E-state index contributed by atoms with van der Waals surface area (Å²) < 4.78 is 32.7. The number of carboxylic acids is 2. The van der Waals surface area contributed by atoms with Gasteiger partial charge in [-0.1, -0.05) is 26.0 Å². The predicted octanol–water partition coefficient (Wildman–Crippen LogP) is -1.49. The number of aliphatic carboxylic acids is 2. The molecule has 122 valence electrons. The maximum absolute atomic E-state index is 11.4. The molecular weight excluding hydrogens is 335 g/mol. The van der Waals surface area contributed by atoms with Crippen LogP contribution >= 0.6 is 0 Å². The van der Waals surface area contributed by atoms with Crippen LogP contribution in [-0.2, 0) is 19.7 Å². The molecule has 0 aliphatic heterocycles. The van der Waals surface area contributed by atoms with E-state index < -0.39 is 44.7 Å². The minimum atomic E-state index is -4.58. The normalized spacial score (nSPS) is 15.1. The summed E-state index contributed by atoms with van der Waals surface area (Å²) in [7, 11) is -4.58. The van der Waals surface area contributed by atoms with E-state index >= 15 is 0 Å². The van der Waals surface area contributed by atoms with Crippen LogP contribution < -0.4 is 29.6 Å². The zero-order valence-electron chi connectivity index (χ0n) is 13.1. The van der Waals surface area contributed by atoms with E-state index in [0.29, 0.717) is 12.0 Å². The zero-order chi connectivity index (χ0) is 17.1. The molecule has 1 aromatic rings. The molecule has 0 amide bonds. The fourth-order valence-corrected chi connectivity index (χ4v) is 2.94. The van der Waals surface area contributed by atoms with Crippen molar-refractivity contribution in [2.75, 3.05) is 0 Å². The molecule has 7 nitrogen and oxygen atoms in total. The van der Waals surface area contributed by atoms with Crippen LogP contribution in [0.15, 0.2) is 29.2 Å². The van der Waals surface area contributed by atoms with Crippen molar-refractivity contribution in [3.8, 4) is 0 Å². The van der Waals surface area contributed by atoms with Gasteiger partial charge in [-0.2, -0.15) is 0 Å². The summed E-state index contributed by atoms with van der Waals surface area (Å²) in [6, 6.07) is 4.91. The Hall–Kier alpha value is -0.930. The van der Waals surface area contributed by atoms with Crippen LogP contribution in [0.5, 0.6) is 0 Å². The van der Waals surface area contributed by atoms with Crippen LogP contribution in [0.4, 0.5) is 0 Å². The zero-order valence-corrected chi connectivity index (χ0v) is 15.9. The Bertz CT molecular complexity index is 654. The van der Waals surface area contributed by atoms with E-state index in [0.717, 1.165) is 12.1 Å². The number of carboxylic acid groups (broad SMARTS) is 2. The van der Waals surface area contributed by atoms with Gasteiger partial charge in [0.2, 0.25) is 0 Å². The van der Waals surface area contributed by atoms with Crippen molar-refractivity contribution < 1.29 is 62.3 Å². The summed E-state index contributed by atoms with van der Waals surface area (Å²) in [4.78, 5) is 22.1.